The van der Waals surface area contributed by atoms with Gasteiger partial charge in [0.1, 0.15) is 63.5 Å². The summed E-state index contributed by atoms with van der Waals surface area (Å²) in [5, 5.41) is 17.9. The molecule has 78 heavy (non-hydrogen) atoms. The first-order valence-corrected chi connectivity index (χ1v) is 25.1. The molecule has 6 heterocycles. The number of hydrogen-bond acceptors (Lipinski definition) is 20. The fourth-order valence-electron chi connectivity index (χ4n) is 6.42. The third-order valence-corrected chi connectivity index (χ3v) is 9.71. The van der Waals surface area contributed by atoms with E-state index in [2.05, 4.69) is 50.8 Å². The van der Waals surface area contributed by atoms with E-state index in [4.69, 9.17) is 77.8 Å². The van der Waals surface area contributed by atoms with E-state index in [9.17, 15) is 12.4 Å². The van der Waals surface area contributed by atoms with Crippen LogP contribution < -0.4 is 49.3 Å². The lowest BCUT2D eigenvalue weighted by Gasteiger charge is -2.27. The Morgan fingerprint density at radius 2 is 1.27 bits per heavy atom. The molecule has 0 aliphatic carbocycles. The lowest BCUT2D eigenvalue weighted by atomic mass is 8.97. The second kappa shape index (κ2) is 30.8. The molecule has 22 nitrogen and oxygen atoms in total. The van der Waals surface area contributed by atoms with Crippen LogP contribution in [0.4, 0.5) is 47.1 Å². The monoisotopic (exact) mass is 1200 g/mol. The lowest BCUT2D eigenvalue weighted by molar-refractivity contribution is 0.0593. The predicted molar refractivity (Wildman–Crippen MR) is 306 cm³/mol. The predicted octanol–water partition coefficient (Wildman–Crippen LogP) is 7.82. The maximum absolute atomic E-state index is 12.7. The zero-order chi connectivity index (χ0) is 56.7. The number of fused-ring (bicyclic) bond motifs is 3. The standard InChI is InChI=1S/C19H20N6O3.C16H17ClN4O4.C13H17NO4.B5.FI/c26-5-1-4-21-15-8-13(10-20-11-15)18-22-12-23-19(25-18)24-14-2-3-16-17(9-14)28-7-6-27-16;1-16(2,3)25-15(22)21(14-19-9-18-13(17)20-14)10-4-5-11-12(8-10)24-7-6-23-11;1-13(2,3)18-12(15)14-9-4-5-10-11(8-9)17-7-6-16-10;1-4-5(2)3;1-2/h2-3,8-12,21,26H,1,4-7H2,(H,22,23,24,25);4-5,8-9H,6-7H2,1-3H3;4-5,8H,6-7H2,1-3H3,(H,14,15);;. The van der Waals surface area contributed by atoms with E-state index in [1.165, 1.54) is 24.6 Å². The molecular formula is C48H54B5ClFIN11O11. The molecule has 9 rings (SSSR count). The molecule has 0 unspecified atom stereocenters. The molecule has 0 saturated carbocycles. The van der Waals surface area contributed by atoms with Crippen LogP contribution in [0.25, 0.3) is 11.4 Å². The number of aliphatic hydroxyl groups is 1. The van der Waals surface area contributed by atoms with Crippen LogP contribution in [0, 0.1) is 0 Å². The highest BCUT2D eigenvalue weighted by molar-refractivity contribution is 14.1. The van der Waals surface area contributed by atoms with Gasteiger partial charge in [0.2, 0.25) is 17.2 Å². The first-order chi connectivity index (χ1) is 37.4. The highest BCUT2D eigenvalue weighted by Gasteiger charge is 2.29. The number of carbonyl (C=O) groups is 2. The number of aromatic nitrogens is 7. The van der Waals surface area contributed by atoms with Crippen molar-refractivity contribution in [3.05, 3.63) is 91.0 Å². The number of anilines is 6. The van der Waals surface area contributed by atoms with Crippen molar-refractivity contribution in [3.63, 3.8) is 0 Å². The largest absolute Gasteiger partial charge is 0.486 e. The highest BCUT2D eigenvalue weighted by atomic mass is 127. The SMILES string of the molecule is CC(C)(C)OC(=O)N(c1ccc2c(c1)OCCO2)c1ncnc(Cl)n1.CC(C)(C)OC(=O)Nc1ccc2c(c1)OCCO2.FI.OCCCNc1cncc(-c2ncnc(Nc3ccc4c(c3)OCCO4)n2)c1.[B][B]B([B])[B]. The molecule has 0 saturated heterocycles. The Kier molecular flexibility index (Phi) is 24.4. The zero-order valence-electron chi connectivity index (χ0n) is 43.6. The number of halogens is 3. The summed E-state index contributed by atoms with van der Waals surface area (Å²) in [4.78, 5) is 54.4. The van der Waals surface area contributed by atoms with Gasteiger partial charge in [-0.05, 0) is 102 Å². The van der Waals surface area contributed by atoms with E-state index in [-0.39, 0.29) is 17.8 Å². The molecule has 30 heteroatoms. The summed E-state index contributed by atoms with van der Waals surface area (Å²) < 4.78 is 53.1. The van der Waals surface area contributed by atoms with Gasteiger partial charge in [0.15, 0.2) is 63.5 Å². The average molecular weight is 1200 g/mol. The molecule has 3 aromatic carbocycles. The molecule has 403 valence electrons. The van der Waals surface area contributed by atoms with Crippen molar-refractivity contribution >= 4 is 118 Å². The summed E-state index contributed by atoms with van der Waals surface area (Å²) in [6.07, 6.45) is 5.16. The molecule has 0 fully saturated rings. The Morgan fingerprint density at radius 1 is 0.731 bits per heavy atom. The summed E-state index contributed by atoms with van der Waals surface area (Å²) in [5.74, 6) is 4.84. The van der Waals surface area contributed by atoms with Crippen LogP contribution in [-0.2, 0) is 9.47 Å². The van der Waals surface area contributed by atoms with Crippen molar-refractivity contribution in [1.29, 1.82) is 0 Å². The van der Waals surface area contributed by atoms with Crippen molar-refractivity contribution in [1.82, 2.24) is 34.9 Å². The first-order valence-electron chi connectivity index (χ1n) is 23.9. The van der Waals surface area contributed by atoms with Gasteiger partial charge in [-0.15, -0.1) is 0 Å². The summed E-state index contributed by atoms with van der Waals surface area (Å²) in [6, 6.07) is 17.8. The van der Waals surface area contributed by atoms with Crippen LogP contribution in [0.15, 0.2) is 85.7 Å². The number of amides is 2. The third-order valence-electron chi connectivity index (χ3n) is 9.53. The van der Waals surface area contributed by atoms with E-state index in [0.717, 1.165) is 22.7 Å². The van der Waals surface area contributed by atoms with Gasteiger partial charge in [-0.2, -0.15) is 12.8 Å². The molecule has 2 amide bonds. The van der Waals surface area contributed by atoms with Crippen LogP contribution in [0.2, 0.25) is 5.28 Å². The van der Waals surface area contributed by atoms with Crippen molar-refractivity contribution in [2.45, 2.75) is 59.2 Å². The molecule has 7 radical (unpaired) electrons. The van der Waals surface area contributed by atoms with Crippen LogP contribution in [0.1, 0.15) is 48.0 Å². The summed E-state index contributed by atoms with van der Waals surface area (Å²) in [7, 11) is 15.8. The Morgan fingerprint density at radius 3 is 1.83 bits per heavy atom. The highest BCUT2D eigenvalue weighted by Crippen LogP contribution is 2.37. The normalized spacial score (nSPS) is 12.4. The molecule has 0 bridgehead atoms. The summed E-state index contributed by atoms with van der Waals surface area (Å²) >= 11 is 6.49. The number of benzene rings is 3. The first kappa shape index (κ1) is 61.9. The number of carbonyl (C=O) groups excluding carboxylic acids is 2. The van der Waals surface area contributed by atoms with Crippen LogP contribution in [0.3, 0.4) is 0 Å². The van der Waals surface area contributed by atoms with E-state index >= 15 is 0 Å². The van der Waals surface area contributed by atoms with E-state index in [0.29, 0.717) is 128 Å². The Hall–Kier alpha value is -7.00. The number of rotatable bonds is 11. The van der Waals surface area contributed by atoms with Crippen molar-refractivity contribution in [3.8, 4) is 45.9 Å². The number of nitrogens with one attached hydrogen (secondary N) is 3. The molecule has 3 aliphatic rings. The summed E-state index contributed by atoms with van der Waals surface area (Å²) in [6.45, 7) is 14.6. The minimum absolute atomic E-state index is 0.0314. The Labute approximate surface area is 475 Å². The molecule has 3 aliphatic heterocycles. The molecule has 4 N–H and O–H groups in total. The quantitative estimate of drug-likeness (QED) is 0.0547. The molecule has 6 aromatic rings. The van der Waals surface area contributed by atoms with Gasteiger partial charge in [0, 0.05) is 97.3 Å². The maximum atomic E-state index is 12.7. The van der Waals surface area contributed by atoms with Crippen molar-refractivity contribution < 1.29 is 55.5 Å². The van der Waals surface area contributed by atoms with Crippen molar-refractivity contribution in [2.75, 3.05) is 73.6 Å². The van der Waals surface area contributed by atoms with Gasteiger partial charge in [-0.1, -0.05) is 0 Å². The number of hydrogen-bond donors (Lipinski definition) is 4. The third kappa shape index (κ3) is 20.8. The average Bonchev–Trinajstić information content (AvgIpc) is 3.41. The molecular weight excluding hydrogens is 1140 g/mol. The summed E-state index contributed by atoms with van der Waals surface area (Å²) in [5.41, 5.74) is 2.26. The van der Waals surface area contributed by atoms with Gasteiger partial charge >= 0.3 is 12.2 Å². The smallest absolute Gasteiger partial charge is 0.421 e. The van der Waals surface area contributed by atoms with Crippen LogP contribution in [-0.4, -0.2) is 153 Å². The van der Waals surface area contributed by atoms with Crippen molar-refractivity contribution in [2.24, 2.45) is 0 Å². The second-order valence-corrected chi connectivity index (χ2v) is 18.4. The fourth-order valence-corrected chi connectivity index (χ4v) is 6.54. The molecule has 3 aromatic heterocycles. The van der Waals surface area contributed by atoms with E-state index in [1.54, 1.807) is 69.6 Å². The van der Waals surface area contributed by atoms with Gasteiger partial charge in [0.05, 0.1) is 11.4 Å². The maximum Gasteiger partial charge on any atom is 0.421 e. The van der Waals surface area contributed by atoms with Gasteiger partial charge < -0.3 is 53.6 Å². The fraction of sp³-hybridized carbons (Fsp3) is 0.354. The van der Waals surface area contributed by atoms with Crippen LogP contribution >= 0.6 is 34.8 Å². The lowest BCUT2D eigenvalue weighted by Crippen LogP contribution is -2.35. The minimum Gasteiger partial charge on any atom is -0.486 e. The van der Waals surface area contributed by atoms with Gasteiger partial charge in [-0.3, -0.25) is 10.3 Å². The Bertz CT molecular complexity index is 2890. The number of ether oxygens (including phenoxy) is 8. The van der Waals surface area contributed by atoms with E-state index in [1.807, 2.05) is 45.0 Å². The van der Waals surface area contributed by atoms with Gasteiger partial charge in [-0.25, -0.2) is 34.4 Å². The molecule has 0 atom stereocenters. The number of pyridine rings is 1. The topological polar surface area (TPSA) is 258 Å². The van der Waals surface area contributed by atoms with E-state index < -0.39 is 29.8 Å². The number of aliphatic hydroxyl groups excluding tert-OH is 1. The second-order valence-electron chi connectivity index (χ2n) is 18.0. The van der Waals surface area contributed by atoms with Gasteiger partial charge in [0.25, 0.3) is 0 Å². The van der Waals surface area contributed by atoms with Crippen LogP contribution in [0.5, 0.6) is 34.5 Å². The Balaban J connectivity index is 0.000000207. The minimum atomic E-state index is -0.694. The molecule has 0 spiro atoms. The zero-order valence-corrected chi connectivity index (χ0v) is 46.5. The number of nitrogens with zero attached hydrogens (tertiary/aromatic N) is 8.